The summed E-state index contributed by atoms with van der Waals surface area (Å²) in [4.78, 5) is -0.518. The van der Waals surface area contributed by atoms with Crippen LogP contribution in [0.2, 0.25) is 0 Å². The van der Waals surface area contributed by atoms with Crippen molar-refractivity contribution < 1.29 is 17.2 Å². The fourth-order valence-electron chi connectivity index (χ4n) is 2.31. The molecule has 18 heavy (non-hydrogen) atoms. The third-order valence-electron chi connectivity index (χ3n) is 3.22. The summed E-state index contributed by atoms with van der Waals surface area (Å²) in [6.45, 7) is 0. The maximum Gasteiger partial charge on any atom is 0.185 e. The van der Waals surface area contributed by atoms with Crippen molar-refractivity contribution in [2.45, 2.75) is 29.4 Å². The summed E-state index contributed by atoms with van der Waals surface area (Å²) >= 11 is 0. The van der Waals surface area contributed by atoms with Gasteiger partial charge in [0, 0.05) is 6.07 Å². The monoisotopic (exact) mass is 271 g/mol. The molecule has 2 atom stereocenters. The van der Waals surface area contributed by atoms with Crippen LogP contribution in [0.25, 0.3) is 0 Å². The quantitative estimate of drug-likeness (QED) is 0.776. The molecule has 6 heteroatoms. The molecular formula is C12H11F2NO2S. The van der Waals surface area contributed by atoms with Gasteiger partial charge < -0.3 is 0 Å². The van der Waals surface area contributed by atoms with Gasteiger partial charge in [-0.05, 0) is 25.0 Å². The highest BCUT2D eigenvalue weighted by Gasteiger charge is 2.39. The predicted octanol–water partition coefficient (Wildman–Crippen LogP) is 2.43. The average molecular weight is 271 g/mol. The second-order valence-electron chi connectivity index (χ2n) is 4.32. The second-order valence-corrected chi connectivity index (χ2v) is 6.46. The Labute approximate surface area is 104 Å². The molecule has 0 aliphatic heterocycles. The van der Waals surface area contributed by atoms with Gasteiger partial charge in [-0.3, -0.25) is 0 Å². The number of nitrogens with zero attached hydrogens (tertiary/aromatic N) is 1. The van der Waals surface area contributed by atoms with Crippen molar-refractivity contribution in [3.8, 4) is 6.07 Å². The van der Waals surface area contributed by atoms with Crippen LogP contribution in [0.1, 0.15) is 19.3 Å². The maximum atomic E-state index is 13.5. The Balaban J connectivity index is 2.46. The Morgan fingerprint density at radius 2 is 2.00 bits per heavy atom. The van der Waals surface area contributed by atoms with E-state index in [0.29, 0.717) is 25.3 Å². The van der Waals surface area contributed by atoms with Crippen molar-refractivity contribution in [2.75, 3.05) is 0 Å². The van der Waals surface area contributed by atoms with E-state index in [1.54, 1.807) is 0 Å². The molecule has 2 unspecified atom stereocenters. The third-order valence-corrected chi connectivity index (χ3v) is 5.52. The Kier molecular flexibility index (Phi) is 3.35. The number of sulfone groups is 1. The number of benzene rings is 1. The first-order valence-electron chi connectivity index (χ1n) is 5.55. The highest BCUT2D eigenvalue weighted by atomic mass is 32.2. The van der Waals surface area contributed by atoms with Crippen molar-refractivity contribution in [1.29, 1.82) is 5.26 Å². The Hall–Kier alpha value is -1.48. The summed E-state index contributed by atoms with van der Waals surface area (Å²) in [5.41, 5.74) is 0. The minimum Gasteiger partial charge on any atom is -0.223 e. The van der Waals surface area contributed by atoms with E-state index in [4.69, 9.17) is 5.26 Å². The van der Waals surface area contributed by atoms with E-state index >= 15 is 0 Å². The molecule has 1 aromatic rings. The smallest absolute Gasteiger partial charge is 0.185 e. The lowest BCUT2D eigenvalue weighted by Gasteiger charge is -2.15. The predicted molar refractivity (Wildman–Crippen MR) is 60.3 cm³/mol. The van der Waals surface area contributed by atoms with Crippen LogP contribution in [-0.4, -0.2) is 13.7 Å². The highest BCUT2D eigenvalue weighted by molar-refractivity contribution is 7.92. The molecule has 2 rings (SSSR count). The number of hydrogen-bond acceptors (Lipinski definition) is 3. The van der Waals surface area contributed by atoms with Gasteiger partial charge in [-0.25, -0.2) is 17.2 Å². The number of halogens is 2. The van der Waals surface area contributed by atoms with Crippen LogP contribution in [0.5, 0.6) is 0 Å². The molecule has 1 aliphatic carbocycles. The van der Waals surface area contributed by atoms with E-state index in [-0.39, 0.29) is 0 Å². The van der Waals surface area contributed by atoms with Crippen LogP contribution >= 0.6 is 0 Å². The second kappa shape index (κ2) is 4.65. The molecular weight excluding hydrogens is 260 g/mol. The number of hydrogen-bond donors (Lipinski definition) is 0. The SMILES string of the molecule is N#CC1CCCC1S(=O)(=O)c1ccc(F)cc1F. The van der Waals surface area contributed by atoms with Gasteiger partial charge in [0.1, 0.15) is 16.5 Å². The lowest BCUT2D eigenvalue weighted by atomic mass is 10.1. The normalized spacial score (nSPS) is 23.8. The summed E-state index contributed by atoms with van der Waals surface area (Å²) < 4.78 is 50.7. The van der Waals surface area contributed by atoms with E-state index < -0.39 is 37.5 Å². The summed E-state index contributed by atoms with van der Waals surface area (Å²) in [6, 6.07) is 4.32. The van der Waals surface area contributed by atoms with E-state index in [1.165, 1.54) is 0 Å². The van der Waals surface area contributed by atoms with E-state index in [2.05, 4.69) is 0 Å². The van der Waals surface area contributed by atoms with Gasteiger partial charge in [0.05, 0.1) is 17.2 Å². The van der Waals surface area contributed by atoms with Crippen molar-refractivity contribution in [3.05, 3.63) is 29.8 Å². The molecule has 0 amide bonds. The standard InChI is InChI=1S/C12H11F2NO2S/c13-9-4-5-12(10(14)6-9)18(16,17)11-3-1-2-8(11)7-15/h4-6,8,11H,1-3H2. The fourth-order valence-corrected chi connectivity index (χ4v) is 4.34. The number of nitriles is 1. The molecule has 0 bridgehead atoms. The summed E-state index contributed by atoms with van der Waals surface area (Å²) in [6.07, 6.45) is 1.48. The van der Waals surface area contributed by atoms with Gasteiger partial charge >= 0.3 is 0 Å². The first-order valence-corrected chi connectivity index (χ1v) is 7.10. The minimum atomic E-state index is -3.91. The molecule has 3 nitrogen and oxygen atoms in total. The summed E-state index contributed by atoms with van der Waals surface area (Å²) in [5, 5.41) is 8.01. The molecule has 0 spiro atoms. The van der Waals surface area contributed by atoms with Crippen LogP contribution in [0, 0.1) is 28.9 Å². The minimum absolute atomic E-state index is 0.345. The Morgan fingerprint density at radius 3 is 2.61 bits per heavy atom. The van der Waals surface area contributed by atoms with Crippen molar-refractivity contribution >= 4 is 9.84 Å². The van der Waals surface area contributed by atoms with Crippen molar-refractivity contribution in [1.82, 2.24) is 0 Å². The van der Waals surface area contributed by atoms with Gasteiger partial charge in [0.25, 0.3) is 0 Å². The van der Waals surface area contributed by atoms with Gasteiger partial charge in [0.15, 0.2) is 9.84 Å². The molecule has 1 aromatic carbocycles. The van der Waals surface area contributed by atoms with E-state index in [1.807, 2.05) is 6.07 Å². The van der Waals surface area contributed by atoms with Gasteiger partial charge in [0.2, 0.25) is 0 Å². The Morgan fingerprint density at radius 1 is 1.28 bits per heavy atom. The zero-order valence-electron chi connectivity index (χ0n) is 9.44. The van der Waals surface area contributed by atoms with Crippen LogP contribution in [0.3, 0.4) is 0 Å². The van der Waals surface area contributed by atoms with Gasteiger partial charge in [-0.1, -0.05) is 6.42 Å². The summed E-state index contributed by atoms with van der Waals surface area (Å²) in [5.74, 6) is -2.53. The van der Waals surface area contributed by atoms with E-state index in [0.717, 1.165) is 12.1 Å². The lowest BCUT2D eigenvalue weighted by Crippen LogP contribution is -2.25. The maximum absolute atomic E-state index is 13.5. The topological polar surface area (TPSA) is 57.9 Å². The van der Waals surface area contributed by atoms with Crippen LogP contribution in [0.4, 0.5) is 8.78 Å². The molecule has 0 aromatic heterocycles. The first-order chi connectivity index (χ1) is 8.46. The average Bonchev–Trinajstić information content (AvgIpc) is 2.76. The molecule has 0 N–H and O–H groups in total. The zero-order valence-corrected chi connectivity index (χ0v) is 10.3. The zero-order chi connectivity index (χ0) is 13.3. The highest BCUT2D eigenvalue weighted by Crippen LogP contribution is 2.35. The van der Waals surface area contributed by atoms with Crippen LogP contribution in [-0.2, 0) is 9.84 Å². The van der Waals surface area contributed by atoms with Crippen LogP contribution in [0.15, 0.2) is 23.1 Å². The molecule has 0 heterocycles. The molecule has 1 saturated carbocycles. The van der Waals surface area contributed by atoms with Gasteiger partial charge in [-0.2, -0.15) is 5.26 Å². The molecule has 1 fully saturated rings. The van der Waals surface area contributed by atoms with Crippen molar-refractivity contribution in [2.24, 2.45) is 5.92 Å². The Bertz CT molecular complexity index is 607. The molecule has 96 valence electrons. The fraction of sp³-hybridized carbons (Fsp3) is 0.417. The first kappa shape index (κ1) is 13.0. The van der Waals surface area contributed by atoms with Crippen LogP contribution < -0.4 is 0 Å². The number of rotatable bonds is 2. The molecule has 0 saturated heterocycles. The third kappa shape index (κ3) is 2.10. The molecule has 0 radical (unpaired) electrons. The summed E-state index contributed by atoms with van der Waals surface area (Å²) in [7, 11) is -3.91. The largest absolute Gasteiger partial charge is 0.223 e. The van der Waals surface area contributed by atoms with E-state index in [9.17, 15) is 17.2 Å². The van der Waals surface area contributed by atoms with Gasteiger partial charge in [-0.15, -0.1) is 0 Å². The molecule has 1 aliphatic rings. The lowest BCUT2D eigenvalue weighted by molar-refractivity contribution is 0.536. The van der Waals surface area contributed by atoms with Crippen molar-refractivity contribution in [3.63, 3.8) is 0 Å².